The van der Waals surface area contributed by atoms with E-state index in [9.17, 15) is 5.11 Å². The lowest BCUT2D eigenvalue weighted by Gasteiger charge is -2.26. The molecule has 1 N–H and O–H groups in total. The molecule has 1 aromatic carbocycles. The van der Waals surface area contributed by atoms with E-state index >= 15 is 0 Å². The molecule has 0 amide bonds. The van der Waals surface area contributed by atoms with Gasteiger partial charge in [0.05, 0.1) is 18.5 Å². The van der Waals surface area contributed by atoms with E-state index in [0.717, 1.165) is 5.56 Å². The van der Waals surface area contributed by atoms with Crippen molar-refractivity contribution in [1.29, 1.82) is 0 Å². The minimum absolute atomic E-state index is 0.135. The number of aromatic nitrogens is 2. The van der Waals surface area contributed by atoms with Crippen molar-refractivity contribution in [1.82, 2.24) is 9.97 Å². The molecule has 4 heteroatoms. The molecule has 88 valence electrons. The molecule has 2 aromatic rings. The molecular formula is C13H14N2O2. The Labute approximate surface area is 99.9 Å². The first-order valence-corrected chi connectivity index (χ1v) is 5.30. The highest BCUT2D eigenvalue weighted by molar-refractivity contribution is 5.31. The summed E-state index contributed by atoms with van der Waals surface area (Å²) < 4.78 is 5.10. The molecule has 2 rings (SSSR count). The summed E-state index contributed by atoms with van der Waals surface area (Å²) in [6, 6.07) is 9.31. The van der Waals surface area contributed by atoms with Gasteiger partial charge in [-0.2, -0.15) is 0 Å². The maximum atomic E-state index is 10.7. The van der Waals surface area contributed by atoms with Gasteiger partial charge in [-0.15, -0.1) is 0 Å². The van der Waals surface area contributed by atoms with Crippen LogP contribution in [0, 0.1) is 0 Å². The Hall–Kier alpha value is -1.78. The van der Waals surface area contributed by atoms with Gasteiger partial charge >= 0.3 is 0 Å². The third kappa shape index (κ3) is 2.33. The van der Waals surface area contributed by atoms with Gasteiger partial charge in [0.15, 0.2) is 5.60 Å². The lowest BCUT2D eigenvalue weighted by molar-refractivity contribution is -0.00664. The van der Waals surface area contributed by atoms with E-state index in [1.807, 2.05) is 30.3 Å². The van der Waals surface area contributed by atoms with Gasteiger partial charge in [0.2, 0.25) is 0 Å². The Morgan fingerprint density at radius 3 is 2.59 bits per heavy atom. The number of benzene rings is 1. The lowest BCUT2D eigenvalue weighted by atomic mass is 9.91. The number of ether oxygens (including phenoxy) is 1. The predicted octanol–water partition coefficient (Wildman–Crippen LogP) is 1.36. The number of hydrogen-bond donors (Lipinski definition) is 1. The Bertz CT molecular complexity index is 420. The standard InChI is InChI=1S/C13H14N2O2/c1-17-10-13(16,11-5-3-2-4-6-11)12-9-14-7-8-15-12/h2-9,16H,10H2,1H3. The van der Waals surface area contributed by atoms with Crippen LogP contribution in [0.3, 0.4) is 0 Å². The number of nitrogens with zero attached hydrogens (tertiary/aromatic N) is 2. The monoisotopic (exact) mass is 230 g/mol. The summed E-state index contributed by atoms with van der Waals surface area (Å²) in [6.07, 6.45) is 4.67. The van der Waals surface area contributed by atoms with Gasteiger partial charge in [0.25, 0.3) is 0 Å². The van der Waals surface area contributed by atoms with Crippen LogP contribution >= 0.6 is 0 Å². The molecule has 4 nitrogen and oxygen atoms in total. The molecule has 0 saturated carbocycles. The van der Waals surface area contributed by atoms with Crippen molar-refractivity contribution < 1.29 is 9.84 Å². The molecule has 0 spiro atoms. The molecule has 1 unspecified atom stereocenters. The fraction of sp³-hybridized carbons (Fsp3) is 0.231. The largest absolute Gasteiger partial charge is 0.381 e. The number of rotatable bonds is 4. The molecule has 0 aliphatic carbocycles. The maximum absolute atomic E-state index is 10.7. The molecule has 0 bridgehead atoms. The van der Waals surface area contributed by atoms with Gasteiger partial charge in [-0.1, -0.05) is 30.3 Å². The van der Waals surface area contributed by atoms with E-state index in [-0.39, 0.29) is 6.61 Å². The summed E-state index contributed by atoms with van der Waals surface area (Å²) in [5, 5.41) is 10.7. The number of hydrogen-bond acceptors (Lipinski definition) is 4. The summed E-state index contributed by atoms with van der Waals surface area (Å²) in [5.41, 5.74) is -0.0417. The third-order valence-electron chi connectivity index (χ3n) is 2.59. The van der Waals surface area contributed by atoms with E-state index in [2.05, 4.69) is 9.97 Å². The van der Waals surface area contributed by atoms with Crippen LogP contribution in [0.5, 0.6) is 0 Å². The van der Waals surface area contributed by atoms with Gasteiger partial charge in [-0.3, -0.25) is 9.97 Å². The molecule has 0 aliphatic rings. The SMILES string of the molecule is COCC(O)(c1ccccc1)c1cnccn1. The second-order valence-corrected chi connectivity index (χ2v) is 3.75. The van der Waals surface area contributed by atoms with Gasteiger partial charge in [0.1, 0.15) is 0 Å². The molecule has 1 aromatic heterocycles. The van der Waals surface area contributed by atoms with Crippen molar-refractivity contribution >= 4 is 0 Å². The average molecular weight is 230 g/mol. The zero-order chi connectivity index (χ0) is 12.1. The molecule has 1 atom stereocenters. The van der Waals surface area contributed by atoms with Crippen LogP contribution in [0.15, 0.2) is 48.9 Å². The van der Waals surface area contributed by atoms with E-state index in [4.69, 9.17) is 4.74 Å². The summed E-state index contributed by atoms with van der Waals surface area (Å²) in [6.45, 7) is 0.135. The van der Waals surface area contributed by atoms with Crippen molar-refractivity contribution in [3.05, 3.63) is 60.2 Å². The molecule has 17 heavy (non-hydrogen) atoms. The summed E-state index contributed by atoms with van der Waals surface area (Å²) in [4.78, 5) is 8.13. The molecule has 0 fully saturated rings. The molecule has 0 radical (unpaired) electrons. The van der Waals surface area contributed by atoms with Crippen LogP contribution in [0.25, 0.3) is 0 Å². The highest BCUT2D eigenvalue weighted by Crippen LogP contribution is 2.27. The molecule has 0 aliphatic heterocycles. The van der Waals surface area contributed by atoms with Crippen LogP contribution < -0.4 is 0 Å². The topological polar surface area (TPSA) is 55.2 Å². The minimum Gasteiger partial charge on any atom is -0.381 e. The second kappa shape index (κ2) is 5.03. The van der Waals surface area contributed by atoms with Crippen LogP contribution in [-0.2, 0) is 10.3 Å². The lowest BCUT2D eigenvalue weighted by Crippen LogP contribution is -2.33. The highest BCUT2D eigenvalue weighted by Gasteiger charge is 2.33. The van der Waals surface area contributed by atoms with Crippen LogP contribution in [0.2, 0.25) is 0 Å². The number of aliphatic hydroxyl groups is 1. The van der Waals surface area contributed by atoms with E-state index in [1.165, 1.54) is 0 Å². The van der Waals surface area contributed by atoms with Gasteiger partial charge in [-0.05, 0) is 5.56 Å². The Morgan fingerprint density at radius 2 is 2.00 bits per heavy atom. The highest BCUT2D eigenvalue weighted by atomic mass is 16.5. The first-order valence-electron chi connectivity index (χ1n) is 5.30. The van der Waals surface area contributed by atoms with Gasteiger partial charge in [0, 0.05) is 19.5 Å². The summed E-state index contributed by atoms with van der Waals surface area (Å²) >= 11 is 0. The fourth-order valence-corrected chi connectivity index (χ4v) is 1.74. The Morgan fingerprint density at radius 1 is 1.24 bits per heavy atom. The normalized spacial score (nSPS) is 14.2. The van der Waals surface area contributed by atoms with E-state index in [0.29, 0.717) is 5.69 Å². The Balaban J connectivity index is 2.47. The smallest absolute Gasteiger partial charge is 0.156 e. The molecule has 0 saturated heterocycles. The second-order valence-electron chi connectivity index (χ2n) is 3.75. The van der Waals surface area contributed by atoms with E-state index < -0.39 is 5.60 Å². The van der Waals surface area contributed by atoms with Crippen LogP contribution in [0.4, 0.5) is 0 Å². The quantitative estimate of drug-likeness (QED) is 0.861. The van der Waals surface area contributed by atoms with Crippen LogP contribution in [0.1, 0.15) is 11.3 Å². The fourth-order valence-electron chi connectivity index (χ4n) is 1.74. The van der Waals surface area contributed by atoms with E-state index in [1.54, 1.807) is 25.7 Å². The average Bonchev–Trinajstić information content (AvgIpc) is 2.41. The van der Waals surface area contributed by atoms with Crippen LogP contribution in [-0.4, -0.2) is 28.8 Å². The molecule has 1 heterocycles. The zero-order valence-corrected chi connectivity index (χ0v) is 9.58. The third-order valence-corrected chi connectivity index (χ3v) is 2.59. The van der Waals surface area contributed by atoms with Crippen molar-refractivity contribution in [2.24, 2.45) is 0 Å². The molecular weight excluding hydrogens is 216 g/mol. The zero-order valence-electron chi connectivity index (χ0n) is 9.58. The predicted molar refractivity (Wildman–Crippen MR) is 63.3 cm³/mol. The van der Waals surface area contributed by atoms with Gasteiger partial charge in [-0.25, -0.2) is 0 Å². The first-order chi connectivity index (χ1) is 8.27. The minimum atomic E-state index is -1.26. The summed E-state index contributed by atoms with van der Waals surface area (Å²) in [7, 11) is 1.55. The number of methoxy groups -OCH3 is 1. The van der Waals surface area contributed by atoms with Crippen molar-refractivity contribution in [3.63, 3.8) is 0 Å². The van der Waals surface area contributed by atoms with Crippen molar-refractivity contribution in [2.75, 3.05) is 13.7 Å². The maximum Gasteiger partial charge on any atom is 0.156 e. The Kier molecular flexibility index (Phi) is 3.46. The van der Waals surface area contributed by atoms with Crippen molar-refractivity contribution in [3.8, 4) is 0 Å². The summed E-state index contributed by atoms with van der Waals surface area (Å²) in [5.74, 6) is 0. The van der Waals surface area contributed by atoms with Gasteiger partial charge < -0.3 is 9.84 Å². The first kappa shape index (κ1) is 11.7. The van der Waals surface area contributed by atoms with Crippen molar-refractivity contribution in [2.45, 2.75) is 5.60 Å².